The Balaban J connectivity index is 2.53. The maximum absolute atomic E-state index is 5.20. The molecule has 0 aliphatic carbocycles. The molecule has 0 aromatic carbocycles. The summed E-state index contributed by atoms with van der Waals surface area (Å²) in [5.74, 6) is 1.16. The van der Waals surface area contributed by atoms with Gasteiger partial charge in [-0.3, -0.25) is 0 Å². The highest BCUT2D eigenvalue weighted by molar-refractivity contribution is 7.99. The molecule has 1 rings (SSSR count). The van der Waals surface area contributed by atoms with Gasteiger partial charge in [0.25, 0.3) is 0 Å². The number of nitrogens with one attached hydrogen (secondary N) is 1. The molecular weight excluding hydrogens is 188 g/mol. The maximum Gasteiger partial charge on any atom is 0.169 e. The van der Waals surface area contributed by atoms with Gasteiger partial charge in [0.15, 0.2) is 5.11 Å². The highest BCUT2D eigenvalue weighted by Crippen LogP contribution is 2.22. The van der Waals surface area contributed by atoms with Crippen molar-refractivity contribution in [2.75, 3.05) is 12.8 Å². The van der Waals surface area contributed by atoms with Crippen molar-refractivity contribution >= 4 is 29.1 Å². The third-order valence-corrected chi connectivity index (χ3v) is 3.67. The molecule has 0 radical (unpaired) electrons. The summed E-state index contributed by atoms with van der Waals surface area (Å²) in [7, 11) is 2.06. The van der Waals surface area contributed by atoms with E-state index in [4.69, 9.17) is 12.2 Å². The van der Waals surface area contributed by atoms with Crippen LogP contribution in [0, 0.1) is 0 Å². The molecule has 0 aromatic heterocycles. The Morgan fingerprint density at radius 3 is 3.00 bits per heavy atom. The highest BCUT2D eigenvalue weighted by atomic mass is 32.2. The lowest BCUT2D eigenvalue weighted by atomic mass is 10.2. The Labute approximate surface area is 84.1 Å². The summed E-state index contributed by atoms with van der Waals surface area (Å²) in [6.45, 7) is 4.37. The molecule has 0 bridgehead atoms. The SMILES string of the molecule is CCSC1CC(C)NC(=S)N1C. The van der Waals surface area contributed by atoms with Crippen LogP contribution in [-0.4, -0.2) is 34.2 Å². The van der Waals surface area contributed by atoms with E-state index in [1.807, 2.05) is 11.8 Å². The van der Waals surface area contributed by atoms with Crippen molar-refractivity contribution in [3.05, 3.63) is 0 Å². The van der Waals surface area contributed by atoms with E-state index >= 15 is 0 Å². The molecule has 70 valence electrons. The first kappa shape index (κ1) is 10.1. The minimum atomic E-state index is 0.526. The van der Waals surface area contributed by atoms with Gasteiger partial charge in [-0.2, -0.15) is 0 Å². The van der Waals surface area contributed by atoms with Gasteiger partial charge in [0.1, 0.15) is 0 Å². The summed E-state index contributed by atoms with van der Waals surface area (Å²) in [6, 6.07) is 0.526. The number of hydrogen-bond acceptors (Lipinski definition) is 2. The van der Waals surface area contributed by atoms with Crippen LogP contribution >= 0.6 is 24.0 Å². The van der Waals surface area contributed by atoms with Crippen LogP contribution in [0.15, 0.2) is 0 Å². The quantitative estimate of drug-likeness (QED) is 0.688. The largest absolute Gasteiger partial charge is 0.360 e. The first-order valence-electron chi connectivity index (χ1n) is 4.30. The predicted octanol–water partition coefficient (Wildman–Crippen LogP) is 1.66. The van der Waals surface area contributed by atoms with Crippen molar-refractivity contribution in [1.82, 2.24) is 10.2 Å². The average Bonchev–Trinajstić information content (AvgIpc) is 2.00. The van der Waals surface area contributed by atoms with Gasteiger partial charge < -0.3 is 10.2 Å². The molecule has 4 heteroatoms. The van der Waals surface area contributed by atoms with Crippen LogP contribution in [0.25, 0.3) is 0 Å². The van der Waals surface area contributed by atoms with Crippen LogP contribution in [0.4, 0.5) is 0 Å². The first-order valence-corrected chi connectivity index (χ1v) is 5.75. The second kappa shape index (κ2) is 4.33. The van der Waals surface area contributed by atoms with Gasteiger partial charge in [-0.25, -0.2) is 0 Å². The zero-order valence-corrected chi connectivity index (χ0v) is 9.47. The van der Waals surface area contributed by atoms with Crippen LogP contribution in [0.5, 0.6) is 0 Å². The topological polar surface area (TPSA) is 15.3 Å². The molecule has 2 unspecified atom stereocenters. The molecule has 1 saturated heterocycles. The van der Waals surface area contributed by atoms with Crippen LogP contribution in [0.3, 0.4) is 0 Å². The molecule has 0 saturated carbocycles. The molecule has 1 aliphatic heterocycles. The Hall–Kier alpha value is 0.0400. The smallest absolute Gasteiger partial charge is 0.169 e. The number of thiocarbonyl (C=S) groups is 1. The fraction of sp³-hybridized carbons (Fsp3) is 0.875. The van der Waals surface area contributed by atoms with Crippen LogP contribution < -0.4 is 5.32 Å². The lowest BCUT2D eigenvalue weighted by molar-refractivity contribution is 0.363. The second-order valence-electron chi connectivity index (χ2n) is 3.11. The average molecular weight is 204 g/mol. The number of rotatable bonds is 2. The molecule has 2 atom stereocenters. The van der Waals surface area contributed by atoms with E-state index in [1.165, 1.54) is 6.42 Å². The summed E-state index contributed by atoms with van der Waals surface area (Å²) < 4.78 is 0. The Morgan fingerprint density at radius 2 is 2.42 bits per heavy atom. The fourth-order valence-electron chi connectivity index (χ4n) is 1.34. The van der Waals surface area contributed by atoms with Gasteiger partial charge in [0.2, 0.25) is 0 Å². The fourth-order valence-corrected chi connectivity index (χ4v) is 2.87. The van der Waals surface area contributed by atoms with Crippen LogP contribution in [-0.2, 0) is 0 Å². The van der Waals surface area contributed by atoms with Crippen molar-refractivity contribution in [3.8, 4) is 0 Å². The molecule has 0 aromatic rings. The lowest BCUT2D eigenvalue weighted by Crippen LogP contribution is -2.52. The summed E-state index contributed by atoms with van der Waals surface area (Å²) >= 11 is 7.16. The summed E-state index contributed by atoms with van der Waals surface area (Å²) in [5.41, 5.74) is 0. The lowest BCUT2D eigenvalue weighted by Gasteiger charge is -2.38. The zero-order valence-electron chi connectivity index (χ0n) is 7.83. The second-order valence-corrected chi connectivity index (χ2v) is 4.95. The molecule has 1 fully saturated rings. The standard InChI is InChI=1S/C8H16N2S2/c1-4-12-7-5-6(2)9-8(11)10(7)3/h6-7H,4-5H2,1-3H3,(H,9,11). The van der Waals surface area contributed by atoms with Gasteiger partial charge in [0, 0.05) is 13.1 Å². The highest BCUT2D eigenvalue weighted by Gasteiger charge is 2.25. The van der Waals surface area contributed by atoms with Gasteiger partial charge in [-0.1, -0.05) is 6.92 Å². The molecule has 1 N–H and O–H groups in total. The van der Waals surface area contributed by atoms with Crippen molar-refractivity contribution in [2.24, 2.45) is 0 Å². The first-order chi connectivity index (χ1) is 5.65. The van der Waals surface area contributed by atoms with Gasteiger partial charge in [-0.15, -0.1) is 11.8 Å². The van der Waals surface area contributed by atoms with Gasteiger partial charge in [0.05, 0.1) is 5.37 Å². The Morgan fingerprint density at radius 1 is 1.75 bits per heavy atom. The Kier molecular flexibility index (Phi) is 3.65. The third kappa shape index (κ3) is 2.26. The molecular formula is C8H16N2S2. The molecule has 0 amide bonds. The van der Waals surface area contributed by atoms with E-state index in [-0.39, 0.29) is 0 Å². The van der Waals surface area contributed by atoms with E-state index in [9.17, 15) is 0 Å². The molecule has 12 heavy (non-hydrogen) atoms. The molecule has 1 aliphatic rings. The van der Waals surface area contributed by atoms with Crippen LogP contribution in [0.1, 0.15) is 20.3 Å². The van der Waals surface area contributed by atoms with Gasteiger partial charge in [-0.05, 0) is 31.3 Å². The van der Waals surface area contributed by atoms with E-state index in [0.717, 1.165) is 10.9 Å². The van der Waals surface area contributed by atoms with E-state index in [2.05, 4.69) is 31.1 Å². The van der Waals surface area contributed by atoms with E-state index in [1.54, 1.807) is 0 Å². The predicted molar refractivity (Wildman–Crippen MR) is 59.5 cm³/mol. The number of hydrogen-bond donors (Lipinski definition) is 1. The maximum atomic E-state index is 5.20. The number of thioether (sulfide) groups is 1. The summed E-state index contributed by atoms with van der Waals surface area (Å²) in [4.78, 5) is 2.16. The normalized spacial score (nSPS) is 30.2. The summed E-state index contributed by atoms with van der Waals surface area (Å²) in [5, 5.41) is 4.72. The third-order valence-electron chi connectivity index (χ3n) is 2.04. The summed E-state index contributed by atoms with van der Waals surface area (Å²) in [6.07, 6.45) is 1.18. The minimum Gasteiger partial charge on any atom is -0.360 e. The van der Waals surface area contributed by atoms with Gasteiger partial charge >= 0.3 is 0 Å². The number of nitrogens with zero attached hydrogens (tertiary/aromatic N) is 1. The monoisotopic (exact) mass is 204 g/mol. The zero-order chi connectivity index (χ0) is 9.14. The van der Waals surface area contributed by atoms with Crippen molar-refractivity contribution < 1.29 is 0 Å². The van der Waals surface area contributed by atoms with Crippen molar-refractivity contribution in [2.45, 2.75) is 31.7 Å². The molecule has 1 heterocycles. The van der Waals surface area contributed by atoms with E-state index in [0.29, 0.717) is 11.4 Å². The molecule has 0 spiro atoms. The van der Waals surface area contributed by atoms with Crippen LogP contribution in [0.2, 0.25) is 0 Å². The van der Waals surface area contributed by atoms with Crippen molar-refractivity contribution in [1.29, 1.82) is 0 Å². The van der Waals surface area contributed by atoms with Crippen molar-refractivity contribution in [3.63, 3.8) is 0 Å². The van der Waals surface area contributed by atoms with E-state index < -0.39 is 0 Å². The minimum absolute atomic E-state index is 0.526. The Bertz CT molecular complexity index is 172. The molecule has 2 nitrogen and oxygen atoms in total.